The van der Waals surface area contributed by atoms with E-state index >= 15 is 0 Å². The quantitative estimate of drug-likeness (QED) is 0.429. The van der Waals surface area contributed by atoms with Gasteiger partial charge in [-0.15, -0.1) is 0 Å². The molecule has 4 saturated carbocycles. The molecule has 1 heteroatoms. The van der Waals surface area contributed by atoms with Crippen LogP contribution >= 0.6 is 0 Å². The number of ketones is 1. The minimum atomic E-state index is 0.480. The summed E-state index contributed by atoms with van der Waals surface area (Å²) in [6.07, 6.45) is 21.5. The molecule has 25 heavy (non-hydrogen) atoms. The van der Waals surface area contributed by atoms with Crippen molar-refractivity contribution in [3.63, 3.8) is 0 Å². The molecule has 0 bridgehead atoms. The van der Waals surface area contributed by atoms with Gasteiger partial charge in [0.15, 0.2) is 0 Å². The van der Waals surface area contributed by atoms with Crippen LogP contribution < -0.4 is 0 Å². The van der Waals surface area contributed by atoms with Crippen LogP contribution in [0.3, 0.4) is 0 Å². The molecule has 0 N–H and O–H groups in total. The number of Topliss-reactive ketones (excluding diaryl/α,β-unsaturated/α-hetero) is 1. The fourth-order valence-corrected chi connectivity index (χ4v) is 5.64. The van der Waals surface area contributed by atoms with E-state index in [0.29, 0.717) is 5.78 Å². The summed E-state index contributed by atoms with van der Waals surface area (Å²) in [6.45, 7) is 0. The lowest BCUT2D eigenvalue weighted by Gasteiger charge is -2.29. The van der Waals surface area contributed by atoms with E-state index in [1.807, 2.05) is 22.3 Å². The summed E-state index contributed by atoms with van der Waals surface area (Å²) in [5.74, 6) is 0.480. The molecule has 4 aliphatic rings. The summed E-state index contributed by atoms with van der Waals surface area (Å²) in [4.78, 5) is 11.5. The molecule has 1 nitrogen and oxygen atoms in total. The molecule has 0 heterocycles. The van der Waals surface area contributed by atoms with E-state index in [1.165, 1.54) is 83.5 Å². The average molecular weight is 339 g/mol. The topological polar surface area (TPSA) is 17.1 Å². The van der Waals surface area contributed by atoms with Crippen LogP contribution in [0.15, 0.2) is 33.4 Å². The van der Waals surface area contributed by atoms with Crippen LogP contribution in [0.2, 0.25) is 0 Å². The molecule has 0 aromatic heterocycles. The second-order valence-corrected chi connectivity index (χ2v) is 8.72. The van der Waals surface area contributed by atoms with Crippen LogP contribution in [-0.2, 0) is 4.79 Å². The maximum Gasteiger partial charge on any atom is 0.133 e. The largest absolute Gasteiger partial charge is 0.300 e. The van der Waals surface area contributed by atoms with Crippen molar-refractivity contribution in [2.24, 2.45) is 0 Å². The van der Waals surface area contributed by atoms with Gasteiger partial charge in [-0.1, -0.05) is 39.9 Å². The molecular weight excluding hydrogens is 304 g/mol. The molecule has 4 aliphatic carbocycles. The Balaban J connectivity index is 1.35. The van der Waals surface area contributed by atoms with Crippen molar-refractivity contribution in [1.29, 1.82) is 0 Å². The molecule has 0 amide bonds. The Hall–Kier alpha value is -1.11. The van der Waals surface area contributed by atoms with Gasteiger partial charge in [0.25, 0.3) is 0 Å². The normalized spacial score (nSPS) is 26.5. The first-order valence-corrected chi connectivity index (χ1v) is 10.9. The zero-order valence-electron chi connectivity index (χ0n) is 15.9. The van der Waals surface area contributed by atoms with E-state index in [4.69, 9.17) is 0 Å². The summed E-state index contributed by atoms with van der Waals surface area (Å²) in [5.41, 5.74) is 10.7. The third kappa shape index (κ3) is 4.18. The molecule has 0 aliphatic heterocycles. The van der Waals surface area contributed by atoms with E-state index in [2.05, 4.69) is 0 Å². The summed E-state index contributed by atoms with van der Waals surface area (Å²) in [5, 5.41) is 0. The first-order valence-electron chi connectivity index (χ1n) is 10.9. The number of allylic oxidation sites excluding steroid dienone is 6. The highest BCUT2D eigenvalue weighted by atomic mass is 16.1. The number of rotatable bonds is 0. The van der Waals surface area contributed by atoms with E-state index in [0.717, 1.165) is 25.7 Å². The van der Waals surface area contributed by atoms with Crippen LogP contribution in [0, 0.1) is 0 Å². The fraction of sp³-hybridized carbons (Fsp3) is 0.708. The third-order valence-corrected chi connectivity index (χ3v) is 7.28. The van der Waals surface area contributed by atoms with Gasteiger partial charge < -0.3 is 0 Å². The van der Waals surface area contributed by atoms with Crippen molar-refractivity contribution in [3.05, 3.63) is 33.4 Å². The molecule has 0 spiro atoms. The fourth-order valence-electron chi connectivity index (χ4n) is 5.64. The minimum Gasteiger partial charge on any atom is -0.300 e. The van der Waals surface area contributed by atoms with Gasteiger partial charge in [-0.25, -0.2) is 0 Å². The van der Waals surface area contributed by atoms with Gasteiger partial charge in [0, 0.05) is 12.8 Å². The Labute approximate surface area is 153 Å². The zero-order chi connectivity index (χ0) is 17.1. The number of carbonyl (C=O) groups excluding carboxylic acids is 1. The van der Waals surface area contributed by atoms with Crippen LogP contribution in [0.5, 0.6) is 0 Å². The molecule has 4 fully saturated rings. The number of carbonyl (C=O) groups is 1. The van der Waals surface area contributed by atoms with E-state index in [1.54, 1.807) is 11.1 Å². The zero-order valence-corrected chi connectivity index (χ0v) is 15.9. The molecule has 136 valence electrons. The first-order chi connectivity index (χ1) is 12.3. The SMILES string of the molecule is O=C1CCC(=C2CCC(=C3CCC(=C4CCCCC4)CC3)CC2)CC1. The van der Waals surface area contributed by atoms with Gasteiger partial charge in [0.05, 0.1) is 0 Å². The van der Waals surface area contributed by atoms with Gasteiger partial charge in [-0.2, -0.15) is 0 Å². The summed E-state index contributed by atoms with van der Waals surface area (Å²) < 4.78 is 0. The van der Waals surface area contributed by atoms with Gasteiger partial charge in [0.2, 0.25) is 0 Å². The number of hydrogen-bond acceptors (Lipinski definition) is 1. The van der Waals surface area contributed by atoms with Gasteiger partial charge in [-0.05, 0) is 89.9 Å². The Bertz CT molecular complexity index is 584. The molecule has 0 radical (unpaired) electrons. The molecule has 0 saturated heterocycles. The predicted octanol–water partition coefficient (Wildman–Crippen LogP) is 7.13. The summed E-state index contributed by atoms with van der Waals surface area (Å²) in [6, 6.07) is 0. The predicted molar refractivity (Wildman–Crippen MR) is 105 cm³/mol. The summed E-state index contributed by atoms with van der Waals surface area (Å²) in [7, 11) is 0. The molecule has 0 aromatic rings. The monoisotopic (exact) mass is 338 g/mol. The van der Waals surface area contributed by atoms with Crippen LogP contribution in [0.25, 0.3) is 0 Å². The van der Waals surface area contributed by atoms with Crippen molar-refractivity contribution >= 4 is 5.78 Å². The molecule has 0 aromatic carbocycles. The van der Waals surface area contributed by atoms with E-state index in [-0.39, 0.29) is 0 Å². The minimum absolute atomic E-state index is 0.480. The van der Waals surface area contributed by atoms with Gasteiger partial charge >= 0.3 is 0 Å². The Morgan fingerprint density at radius 2 is 0.600 bits per heavy atom. The molecule has 0 atom stereocenters. The Morgan fingerprint density at radius 3 is 0.960 bits per heavy atom. The van der Waals surface area contributed by atoms with Crippen molar-refractivity contribution in [1.82, 2.24) is 0 Å². The maximum absolute atomic E-state index is 11.5. The third-order valence-electron chi connectivity index (χ3n) is 7.28. The second kappa shape index (κ2) is 8.06. The highest BCUT2D eigenvalue weighted by Gasteiger charge is 2.22. The van der Waals surface area contributed by atoms with E-state index in [9.17, 15) is 4.79 Å². The highest BCUT2D eigenvalue weighted by molar-refractivity contribution is 5.80. The number of hydrogen-bond donors (Lipinski definition) is 0. The standard InChI is InChI=1S/C24H34O/c25-24-16-14-23(15-17-24)22-12-10-21(11-13-22)20-8-6-19(7-9-20)18-4-2-1-3-5-18/h1-17H2. The van der Waals surface area contributed by atoms with Crippen molar-refractivity contribution in [2.45, 2.75) is 109 Å². The average Bonchev–Trinajstić information content (AvgIpc) is 2.70. The lowest BCUT2D eigenvalue weighted by molar-refractivity contribution is -0.119. The smallest absolute Gasteiger partial charge is 0.133 e. The maximum atomic E-state index is 11.5. The first kappa shape index (κ1) is 17.3. The van der Waals surface area contributed by atoms with E-state index < -0.39 is 0 Å². The van der Waals surface area contributed by atoms with Crippen LogP contribution in [0.1, 0.15) is 109 Å². The lowest BCUT2D eigenvalue weighted by atomic mass is 9.77. The summed E-state index contributed by atoms with van der Waals surface area (Å²) >= 11 is 0. The Kier molecular flexibility index (Phi) is 5.58. The van der Waals surface area contributed by atoms with Gasteiger partial charge in [-0.3, -0.25) is 4.79 Å². The van der Waals surface area contributed by atoms with Crippen molar-refractivity contribution in [3.8, 4) is 0 Å². The Morgan fingerprint density at radius 1 is 0.320 bits per heavy atom. The van der Waals surface area contributed by atoms with Crippen molar-refractivity contribution in [2.75, 3.05) is 0 Å². The highest BCUT2D eigenvalue weighted by Crippen LogP contribution is 2.41. The molecule has 0 unspecified atom stereocenters. The van der Waals surface area contributed by atoms with Crippen molar-refractivity contribution < 1.29 is 4.79 Å². The van der Waals surface area contributed by atoms with Gasteiger partial charge in [0.1, 0.15) is 5.78 Å². The lowest BCUT2D eigenvalue weighted by Crippen LogP contribution is -2.11. The van der Waals surface area contributed by atoms with Crippen LogP contribution in [0.4, 0.5) is 0 Å². The second-order valence-electron chi connectivity index (χ2n) is 8.72. The molecule has 4 rings (SSSR count). The van der Waals surface area contributed by atoms with Crippen LogP contribution in [-0.4, -0.2) is 5.78 Å². The molecular formula is C24H34O.